The van der Waals surface area contributed by atoms with E-state index in [0.29, 0.717) is 12.2 Å². The van der Waals surface area contributed by atoms with Crippen molar-refractivity contribution in [3.8, 4) is 0 Å². The monoisotopic (exact) mass is 305 g/mol. The van der Waals surface area contributed by atoms with Crippen molar-refractivity contribution < 1.29 is 8.42 Å². The molecule has 1 aromatic carbocycles. The van der Waals surface area contributed by atoms with Crippen LogP contribution in [0.3, 0.4) is 0 Å². The summed E-state index contributed by atoms with van der Waals surface area (Å²) in [6.07, 6.45) is 2.83. The summed E-state index contributed by atoms with van der Waals surface area (Å²) < 4.78 is 24.1. The summed E-state index contributed by atoms with van der Waals surface area (Å²) in [6, 6.07) is 6.17. The van der Waals surface area contributed by atoms with Crippen LogP contribution in [0.1, 0.15) is 5.56 Å². The van der Waals surface area contributed by atoms with Gasteiger partial charge in [0.2, 0.25) is 10.0 Å². The van der Waals surface area contributed by atoms with Crippen LogP contribution >= 0.6 is 0 Å². The fourth-order valence-corrected chi connectivity index (χ4v) is 2.50. The average Bonchev–Trinajstić information content (AvgIpc) is 2.83. The highest BCUT2D eigenvalue weighted by molar-refractivity contribution is 7.89. The fraction of sp³-hybridized carbons (Fsp3) is 0.0833. The van der Waals surface area contributed by atoms with Gasteiger partial charge in [0.1, 0.15) is 0 Å². The van der Waals surface area contributed by atoms with Crippen molar-refractivity contribution in [3.05, 3.63) is 52.8 Å². The first-order valence-corrected chi connectivity index (χ1v) is 7.50. The lowest BCUT2D eigenvalue weighted by atomic mass is 10.2. The molecule has 9 heteroatoms. The number of sulfonamides is 1. The van der Waals surface area contributed by atoms with Crippen LogP contribution in [-0.2, 0) is 16.6 Å². The van der Waals surface area contributed by atoms with Gasteiger partial charge in [0.05, 0.1) is 24.1 Å². The molecule has 0 atom stereocenters. The molecule has 0 spiro atoms. The number of primary sulfonamides is 1. The predicted molar refractivity (Wildman–Crippen MR) is 75.1 cm³/mol. The van der Waals surface area contributed by atoms with Crippen LogP contribution in [-0.4, -0.2) is 27.9 Å². The molecule has 0 bridgehead atoms. The predicted octanol–water partition coefficient (Wildman–Crippen LogP) is -0.185. The van der Waals surface area contributed by atoms with Crippen molar-refractivity contribution in [2.24, 2.45) is 5.14 Å². The smallest absolute Gasteiger partial charge is 0.278 e. The zero-order valence-corrected chi connectivity index (χ0v) is 11.5. The standard InChI is InChI=1S/C12H11N5O3S/c13-21(19,20)9-3-1-8(2-4-9)5-17-7-16-10-11(17)14-6-15-12(10)18/h1-4,6-7H,5H2,(H2,13,19,20)(H,14,15,18). The van der Waals surface area contributed by atoms with Gasteiger partial charge in [0, 0.05) is 0 Å². The molecule has 0 saturated carbocycles. The van der Waals surface area contributed by atoms with E-state index in [1.807, 2.05) is 0 Å². The van der Waals surface area contributed by atoms with Gasteiger partial charge in [-0.2, -0.15) is 0 Å². The number of nitrogens with two attached hydrogens (primary N) is 1. The quantitative estimate of drug-likeness (QED) is 0.694. The molecule has 0 saturated heterocycles. The Bertz CT molecular complexity index is 956. The van der Waals surface area contributed by atoms with Crippen LogP contribution in [0.5, 0.6) is 0 Å². The minimum Gasteiger partial charge on any atom is -0.311 e. The van der Waals surface area contributed by atoms with Gasteiger partial charge in [-0.15, -0.1) is 0 Å². The highest BCUT2D eigenvalue weighted by Gasteiger charge is 2.09. The van der Waals surface area contributed by atoms with E-state index in [1.54, 1.807) is 16.7 Å². The van der Waals surface area contributed by atoms with E-state index in [4.69, 9.17) is 5.14 Å². The first kappa shape index (κ1) is 13.5. The fourth-order valence-electron chi connectivity index (χ4n) is 1.99. The summed E-state index contributed by atoms with van der Waals surface area (Å²) in [5.74, 6) is 0. The zero-order valence-electron chi connectivity index (χ0n) is 10.7. The Balaban J connectivity index is 1.96. The summed E-state index contributed by atoms with van der Waals surface area (Å²) in [6.45, 7) is 0.415. The number of hydrogen-bond acceptors (Lipinski definition) is 5. The molecule has 2 heterocycles. The maximum Gasteiger partial charge on any atom is 0.278 e. The van der Waals surface area contributed by atoms with E-state index in [1.165, 1.54) is 24.8 Å². The first-order valence-electron chi connectivity index (χ1n) is 5.95. The normalized spacial score (nSPS) is 11.9. The molecule has 108 valence electrons. The maximum absolute atomic E-state index is 11.5. The number of fused-ring (bicyclic) bond motifs is 1. The molecule has 2 aromatic heterocycles. The lowest BCUT2D eigenvalue weighted by Crippen LogP contribution is -2.12. The number of hydrogen-bond donors (Lipinski definition) is 2. The summed E-state index contributed by atoms with van der Waals surface area (Å²) in [5.41, 5.74) is 1.26. The summed E-state index contributed by atoms with van der Waals surface area (Å²) in [5, 5.41) is 5.04. The highest BCUT2D eigenvalue weighted by Crippen LogP contribution is 2.12. The third kappa shape index (κ3) is 2.56. The molecule has 0 radical (unpaired) electrons. The lowest BCUT2D eigenvalue weighted by molar-refractivity contribution is 0.597. The zero-order chi connectivity index (χ0) is 15.0. The number of benzene rings is 1. The Hall–Kier alpha value is -2.52. The second-order valence-corrected chi connectivity index (χ2v) is 6.03. The van der Waals surface area contributed by atoms with Gasteiger partial charge in [0.25, 0.3) is 5.56 Å². The second kappa shape index (κ2) is 4.79. The van der Waals surface area contributed by atoms with Crippen LogP contribution in [0, 0.1) is 0 Å². The van der Waals surface area contributed by atoms with Crippen molar-refractivity contribution in [1.82, 2.24) is 19.5 Å². The molecule has 8 nitrogen and oxygen atoms in total. The van der Waals surface area contributed by atoms with Gasteiger partial charge in [-0.1, -0.05) is 12.1 Å². The van der Waals surface area contributed by atoms with Crippen LogP contribution < -0.4 is 10.7 Å². The van der Waals surface area contributed by atoms with Gasteiger partial charge in [0.15, 0.2) is 11.2 Å². The molecule has 0 aliphatic heterocycles. The number of rotatable bonds is 3. The van der Waals surface area contributed by atoms with Crippen molar-refractivity contribution >= 4 is 21.2 Å². The maximum atomic E-state index is 11.5. The van der Waals surface area contributed by atoms with Crippen molar-refractivity contribution in [2.75, 3.05) is 0 Å². The second-order valence-electron chi connectivity index (χ2n) is 4.47. The molecule has 0 aliphatic rings. The number of nitrogens with zero attached hydrogens (tertiary/aromatic N) is 3. The Morgan fingerprint density at radius 2 is 1.90 bits per heavy atom. The molecule has 0 unspecified atom stereocenters. The summed E-state index contributed by atoms with van der Waals surface area (Å²) in [4.78, 5) is 22.1. The summed E-state index contributed by atoms with van der Waals surface area (Å²) in [7, 11) is -3.70. The minimum atomic E-state index is -3.70. The highest BCUT2D eigenvalue weighted by atomic mass is 32.2. The molecule has 0 aliphatic carbocycles. The van der Waals surface area contributed by atoms with Gasteiger partial charge in [-0.25, -0.2) is 23.5 Å². The van der Waals surface area contributed by atoms with Crippen molar-refractivity contribution in [3.63, 3.8) is 0 Å². The number of imidazole rings is 1. The number of aromatic nitrogens is 4. The van der Waals surface area contributed by atoms with Gasteiger partial charge in [-0.05, 0) is 17.7 Å². The van der Waals surface area contributed by atoms with Crippen LogP contribution in [0.2, 0.25) is 0 Å². The third-order valence-electron chi connectivity index (χ3n) is 3.01. The third-order valence-corrected chi connectivity index (χ3v) is 3.94. The van der Waals surface area contributed by atoms with E-state index in [-0.39, 0.29) is 16.0 Å². The molecule has 0 fully saturated rings. The van der Waals surface area contributed by atoms with Crippen molar-refractivity contribution in [2.45, 2.75) is 11.4 Å². The number of H-pyrrole nitrogens is 1. The Kier molecular flexibility index (Phi) is 3.07. The molecule has 0 amide bonds. The average molecular weight is 305 g/mol. The Morgan fingerprint density at radius 3 is 2.57 bits per heavy atom. The SMILES string of the molecule is NS(=O)(=O)c1ccc(Cn2cnc3c(=O)[nH]cnc32)cc1. The van der Waals surface area contributed by atoms with Crippen molar-refractivity contribution in [1.29, 1.82) is 0 Å². The Morgan fingerprint density at radius 1 is 1.19 bits per heavy atom. The minimum absolute atomic E-state index is 0.0521. The van der Waals surface area contributed by atoms with E-state index >= 15 is 0 Å². The van der Waals surface area contributed by atoms with Gasteiger partial charge in [-0.3, -0.25) is 4.79 Å². The first-order chi connectivity index (χ1) is 9.95. The van der Waals surface area contributed by atoms with E-state index in [0.717, 1.165) is 5.56 Å². The number of aromatic amines is 1. The van der Waals surface area contributed by atoms with Crippen LogP contribution in [0.4, 0.5) is 0 Å². The topological polar surface area (TPSA) is 124 Å². The van der Waals surface area contributed by atoms with Gasteiger partial charge < -0.3 is 9.55 Å². The van der Waals surface area contributed by atoms with Gasteiger partial charge >= 0.3 is 0 Å². The number of nitrogens with one attached hydrogen (secondary N) is 1. The molecule has 3 N–H and O–H groups in total. The molecular weight excluding hydrogens is 294 g/mol. The Labute approximate surface area is 119 Å². The van der Waals surface area contributed by atoms with Crippen LogP contribution in [0.25, 0.3) is 11.2 Å². The summed E-state index contributed by atoms with van der Waals surface area (Å²) >= 11 is 0. The van der Waals surface area contributed by atoms with E-state index < -0.39 is 10.0 Å². The largest absolute Gasteiger partial charge is 0.311 e. The van der Waals surface area contributed by atoms with E-state index in [9.17, 15) is 13.2 Å². The van der Waals surface area contributed by atoms with Crippen LogP contribution in [0.15, 0.2) is 46.6 Å². The lowest BCUT2D eigenvalue weighted by Gasteiger charge is -2.04. The molecule has 3 rings (SSSR count). The molecule has 3 aromatic rings. The molecule has 21 heavy (non-hydrogen) atoms. The van der Waals surface area contributed by atoms with E-state index in [2.05, 4.69) is 15.0 Å². The molecular formula is C12H11N5O3S.